The zero-order valence-electron chi connectivity index (χ0n) is 29.5. The lowest BCUT2D eigenvalue weighted by atomic mass is 9.86. The monoisotopic (exact) mass is 691 g/mol. The van der Waals surface area contributed by atoms with Crippen LogP contribution in [0.15, 0.2) is 54.9 Å². The van der Waals surface area contributed by atoms with Crippen LogP contribution in [0.2, 0.25) is 5.02 Å². The van der Waals surface area contributed by atoms with E-state index in [-0.39, 0.29) is 17.7 Å². The minimum atomic E-state index is -0.692. The first-order valence-corrected chi connectivity index (χ1v) is 18.7. The number of nitrogens with zero attached hydrogens (tertiary/aromatic N) is 4. The van der Waals surface area contributed by atoms with Gasteiger partial charge in [0.1, 0.15) is 0 Å². The van der Waals surface area contributed by atoms with E-state index < -0.39 is 5.79 Å². The fourth-order valence-electron chi connectivity index (χ4n) is 7.38. The van der Waals surface area contributed by atoms with Crippen LogP contribution < -0.4 is 14.8 Å². The van der Waals surface area contributed by atoms with Gasteiger partial charge in [0.15, 0.2) is 11.5 Å². The second-order valence-electron chi connectivity index (χ2n) is 14.5. The van der Waals surface area contributed by atoms with Gasteiger partial charge in [-0.3, -0.25) is 14.4 Å². The Hall–Kier alpha value is -3.11. The number of unbranched alkanes of at least 4 members (excludes halogenated alkanes) is 2. The number of hydrogen-bond acceptors (Lipinski definition) is 7. The molecular weight excluding hydrogens is 638 g/mol. The van der Waals surface area contributed by atoms with Gasteiger partial charge in [0.05, 0.1) is 12.1 Å². The van der Waals surface area contributed by atoms with Gasteiger partial charge in [-0.2, -0.15) is 5.10 Å². The summed E-state index contributed by atoms with van der Waals surface area (Å²) in [6, 6.07) is 14.5. The number of benzene rings is 2. The van der Waals surface area contributed by atoms with Crippen LogP contribution in [-0.2, 0) is 29.0 Å². The maximum absolute atomic E-state index is 13.6. The molecule has 0 radical (unpaired) electrons. The quantitative estimate of drug-likeness (QED) is 0.178. The Morgan fingerprint density at radius 3 is 2.51 bits per heavy atom. The Balaban J connectivity index is 0.852. The first-order valence-electron chi connectivity index (χ1n) is 18.4. The first-order chi connectivity index (χ1) is 23.8. The molecule has 2 saturated heterocycles. The highest BCUT2D eigenvalue weighted by Gasteiger charge is 2.46. The molecule has 10 heteroatoms. The van der Waals surface area contributed by atoms with Crippen molar-refractivity contribution in [2.24, 2.45) is 5.92 Å². The molecule has 0 saturated carbocycles. The Bertz CT molecular complexity index is 1500. The van der Waals surface area contributed by atoms with Gasteiger partial charge in [0.2, 0.25) is 5.91 Å². The van der Waals surface area contributed by atoms with Crippen molar-refractivity contribution in [1.82, 2.24) is 24.9 Å². The minimum Gasteiger partial charge on any atom is -0.448 e. The van der Waals surface area contributed by atoms with Crippen LogP contribution in [0, 0.1) is 5.92 Å². The fraction of sp³-hybridized carbons (Fsp3) is 0.590. The molecule has 2 fully saturated rings. The molecule has 266 valence electrons. The molecule has 2 unspecified atom stereocenters. The smallest absolute Gasteiger partial charge is 0.255 e. The van der Waals surface area contributed by atoms with Crippen molar-refractivity contribution in [2.75, 3.05) is 45.9 Å². The average Bonchev–Trinajstić information content (AvgIpc) is 3.68. The zero-order chi connectivity index (χ0) is 34.2. The van der Waals surface area contributed by atoms with E-state index in [1.165, 1.54) is 11.1 Å². The maximum atomic E-state index is 13.6. The van der Waals surface area contributed by atoms with Crippen LogP contribution in [0.4, 0.5) is 0 Å². The predicted octanol–water partition coefficient (Wildman–Crippen LogP) is 6.68. The third kappa shape index (κ3) is 9.57. The first kappa shape index (κ1) is 35.7. The van der Waals surface area contributed by atoms with Gasteiger partial charge in [-0.05, 0) is 80.3 Å². The molecule has 1 amide bonds. The number of nitrogens with one attached hydrogen (secondary N) is 1. The van der Waals surface area contributed by atoms with Crippen LogP contribution >= 0.6 is 11.6 Å². The Morgan fingerprint density at radius 1 is 1.00 bits per heavy atom. The van der Waals surface area contributed by atoms with Gasteiger partial charge in [0, 0.05) is 94.7 Å². The molecule has 9 nitrogen and oxygen atoms in total. The number of ether oxygens (including phenoxy) is 3. The summed E-state index contributed by atoms with van der Waals surface area (Å²) >= 11 is 6.10. The number of fused-ring (bicyclic) bond motifs is 1. The van der Waals surface area contributed by atoms with Gasteiger partial charge in [-0.1, -0.05) is 43.6 Å². The number of aryl methyl sites for hydroxylation is 2. The van der Waals surface area contributed by atoms with Crippen LogP contribution in [0.3, 0.4) is 0 Å². The molecular formula is C39H54ClN5O4. The second-order valence-corrected chi connectivity index (χ2v) is 14.9. The number of carbonyl (C=O) groups is 1. The third-order valence-electron chi connectivity index (χ3n) is 10.1. The highest BCUT2D eigenvalue weighted by Crippen LogP contribution is 2.44. The van der Waals surface area contributed by atoms with E-state index in [0.29, 0.717) is 37.0 Å². The molecule has 2 aromatic carbocycles. The normalized spacial score (nSPS) is 19.5. The number of piperidine rings is 1. The number of amides is 1. The van der Waals surface area contributed by atoms with Crippen molar-refractivity contribution in [3.05, 3.63) is 76.6 Å². The van der Waals surface area contributed by atoms with Gasteiger partial charge in [0.25, 0.3) is 5.79 Å². The topological polar surface area (TPSA) is 81.1 Å². The lowest BCUT2D eigenvalue weighted by Gasteiger charge is -2.39. The van der Waals surface area contributed by atoms with E-state index in [1.54, 1.807) is 0 Å². The van der Waals surface area contributed by atoms with E-state index in [9.17, 15) is 4.79 Å². The summed E-state index contributed by atoms with van der Waals surface area (Å²) in [5.41, 5.74) is 3.56. The van der Waals surface area contributed by atoms with Crippen molar-refractivity contribution in [3.8, 4) is 11.5 Å². The van der Waals surface area contributed by atoms with Gasteiger partial charge in [-0.15, -0.1) is 0 Å². The van der Waals surface area contributed by atoms with Crippen molar-refractivity contribution in [1.29, 1.82) is 0 Å². The van der Waals surface area contributed by atoms with Crippen LogP contribution in [0.25, 0.3) is 0 Å². The number of carbonyl (C=O) groups excluding carboxylic acids is 1. The van der Waals surface area contributed by atoms with Gasteiger partial charge < -0.3 is 24.4 Å². The maximum Gasteiger partial charge on any atom is 0.255 e. The third-order valence-corrected chi connectivity index (χ3v) is 10.3. The van der Waals surface area contributed by atoms with Crippen molar-refractivity contribution < 1.29 is 19.0 Å². The second kappa shape index (κ2) is 16.7. The summed E-state index contributed by atoms with van der Waals surface area (Å²) in [5.74, 6) is 1.07. The van der Waals surface area contributed by atoms with Crippen molar-refractivity contribution in [3.63, 3.8) is 0 Å². The highest BCUT2D eigenvalue weighted by atomic mass is 35.5. The molecule has 0 aliphatic carbocycles. The number of likely N-dealkylation sites (tertiary alicyclic amines) is 1. The molecule has 3 aliphatic heterocycles. The van der Waals surface area contributed by atoms with Gasteiger partial charge >= 0.3 is 0 Å². The Kier molecular flexibility index (Phi) is 12.2. The highest BCUT2D eigenvalue weighted by molar-refractivity contribution is 6.30. The summed E-state index contributed by atoms with van der Waals surface area (Å²) in [7, 11) is 0. The van der Waals surface area contributed by atoms with E-state index in [1.807, 2.05) is 41.4 Å². The van der Waals surface area contributed by atoms with E-state index in [2.05, 4.69) is 59.1 Å². The predicted molar refractivity (Wildman–Crippen MR) is 193 cm³/mol. The van der Waals surface area contributed by atoms with Gasteiger partial charge in [-0.25, -0.2) is 0 Å². The molecule has 1 spiro atoms. The number of halogens is 1. The van der Waals surface area contributed by atoms with Crippen LogP contribution in [0.5, 0.6) is 11.5 Å². The molecule has 4 heterocycles. The van der Waals surface area contributed by atoms with Crippen LogP contribution in [0.1, 0.15) is 81.9 Å². The van der Waals surface area contributed by atoms with Crippen molar-refractivity contribution >= 4 is 17.5 Å². The average molecular weight is 692 g/mol. The lowest BCUT2D eigenvalue weighted by molar-refractivity contribution is -0.148. The Labute approximate surface area is 297 Å². The molecule has 0 bridgehead atoms. The molecule has 1 aromatic heterocycles. The summed E-state index contributed by atoms with van der Waals surface area (Å²) < 4.78 is 20.8. The molecule has 6 rings (SSSR count). The fourth-order valence-corrected chi connectivity index (χ4v) is 7.51. The van der Waals surface area contributed by atoms with E-state index in [4.69, 9.17) is 25.8 Å². The van der Waals surface area contributed by atoms with Crippen LogP contribution in [-0.4, -0.2) is 83.3 Å². The summed E-state index contributed by atoms with van der Waals surface area (Å²) in [6.45, 7) is 14.4. The number of rotatable bonds is 15. The summed E-state index contributed by atoms with van der Waals surface area (Å²) in [6.07, 6.45) is 10.7. The van der Waals surface area contributed by atoms with Crippen molar-refractivity contribution in [2.45, 2.75) is 96.6 Å². The number of piperazine rings is 1. The largest absolute Gasteiger partial charge is 0.448 e. The Morgan fingerprint density at radius 2 is 1.76 bits per heavy atom. The standard InChI is InChI=1S/C39H54ClN5O4/c1-29(2)37(33-10-12-34(40)13-11-33)38(46)44-19-15-39(16-20-44)48-35-14-9-31(24-36(35)49-39)8-4-6-22-47-23-7-5-18-45-28-32(25-42-45)27-43-21-17-41-30(3)26-43/h9-14,24-25,28-30,37,41H,4-8,15-23,26-27H2,1-3H3. The minimum absolute atomic E-state index is 0.160. The molecule has 3 aliphatic rings. The zero-order valence-corrected chi connectivity index (χ0v) is 30.3. The summed E-state index contributed by atoms with van der Waals surface area (Å²) in [4.78, 5) is 18.1. The molecule has 3 aromatic rings. The lowest BCUT2D eigenvalue weighted by Crippen LogP contribution is -2.52. The summed E-state index contributed by atoms with van der Waals surface area (Å²) in [5, 5.41) is 8.75. The molecule has 2 atom stereocenters. The molecule has 1 N–H and O–H groups in total. The number of hydrogen-bond donors (Lipinski definition) is 1. The SMILES string of the molecule is CC1CN(Cc2cnn(CCCCOCCCCc3ccc4c(c3)OC3(CCN(C(=O)C(c5ccc(Cl)cc5)C(C)C)CC3)O4)c2)CCN1. The molecule has 49 heavy (non-hydrogen) atoms. The van der Waals surface area contributed by atoms with E-state index in [0.717, 1.165) is 95.1 Å². The van der Waals surface area contributed by atoms with E-state index >= 15 is 0 Å². The number of aromatic nitrogens is 2.